The molecule has 6 heterocycles. The normalized spacial score (nSPS) is 53.1. The van der Waals surface area contributed by atoms with E-state index in [4.69, 9.17) is 15.2 Å². The Kier molecular flexibility index (Phi) is 3.72. The summed E-state index contributed by atoms with van der Waals surface area (Å²) in [5, 5.41) is 23.6. The third-order valence-electron chi connectivity index (χ3n) is 9.75. The molecule has 5 saturated heterocycles. The fourth-order valence-electron chi connectivity index (χ4n) is 8.86. The maximum atomic E-state index is 13.0. The maximum absolute atomic E-state index is 13.0. The van der Waals surface area contributed by atoms with Crippen LogP contribution < -0.4 is 10.6 Å². The van der Waals surface area contributed by atoms with Crippen LogP contribution in [0.3, 0.4) is 0 Å². The van der Waals surface area contributed by atoms with E-state index in [0.29, 0.717) is 12.8 Å². The van der Waals surface area contributed by atoms with Crippen molar-refractivity contribution in [1.29, 1.82) is 0 Å². The summed E-state index contributed by atoms with van der Waals surface area (Å²) in [5.41, 5.74) is 7.44. The number of likely N-dealkylation sites (N-methyl/N-ethyl adjacent to an activating group) is 1. The van der Waals surface area contributed by atoms with Crippen molar-refractivity contribution in [3.8, 4) is 0 Å². The molecular weight excluding hydrogens is 426 g/mol. The average Bonchev–Trinajstić information content (AvgIpc) is 3.13. The van der Waals surface area contributed by atoms with Gasteiger partial charge in [0.15, 0.2) is 0 Å². The number of aliphatic hydroxyl groups excluding tert-OH is 2. The Morgan fingerprint density at radius 3 is 2.70 bits per heavy atom. The predicted octanol–water partition coefficient (Wildman–Crippen LogP) is -0.322. The highest BCUT2D eigenvalue weighted by atomic mass is 16.7. The molecule has 33 heavy (non-hydrogen) atoms. The van der Waals surface area contributed by atoms with E-state index >= 15 is 0 Å². The molecule has 8 rings (SSSR count). The molecule has 5 bridgehead atoms. The highest BCUT2D eigenvalue weighted by Gasteiger charge is 2.85. The summed E-state index contributed by atoms with van der Waals surface area (Å²) < 4.78 is 12.2. The van der Waals surface area contributed by atoms with Crippen molar-refractivity contribution < 1.29 is 29.3 Å². The zero-order valence-corrected chi connectivity index (χ0v) is 18.6. The Labute approximate surface area is 191 Å². The van der Waals surface area contributed by atoms with Crippen LogP contribution in [0.4, 0.5) is 5.69 Å². The highest BCUT2D eigenvalue weighted by molar-refractivity contribution is 5.85. The molecule has 2 spiro atoms. The number of benzene rings is 1. The van der Waals surface area contributed by atoms with E-state index in [1.54, 1.807) is 0 Å². The Hall–Kier alpha value is -2.20. The van der Waals surface area contributed by atoms with Gasteiger partial charge in [0, 0.05) is 36.0 Å². The molecule has 1 aromatic carbocycles. The van der Waals surface area contributed by atoms with Crippen LogP contribution in [-0.4, -0.2) is 76.4 Å². The minimum absolute atomic E-state index is 0.0939. The van der Waals surface area contributed by atoms with Crippen molar-refractivity contribution in [2.45, 2.75) is 73.9 Å². The number of esters is 2. The monoisotopic (exact) mass is 455 g/mol. The highest BCUT2D eigenvalue weighted by Crippen LogP contribution is 2.72. The van der Waals surface area contributed by atoms with Gasteiger partial charge in [-0.15, -0.1) is 0 Å². The number of nitrogens with two attached hydrogens (primary N) is 1. The number of nitrogens with zero attached hydrogens (tertiary/aromatic N) is 2. The van der Waals surface area contributed by atoms with Gasteiger partial charge < -0.3 is 30.3 Å². The van der Waals surface area contributed by atoms with Crippen LogP contribution in [0.1, 0.15) is 31.7 Å². The third-order valence-corrected chi connectivity index (χ3v) is 9.75. The molecule has 4 N–H and O–H groups in total. The molecule has 176 valence electrons. The summed E-state index contributed by atoms with van der Waals surface area (Å²) in [6.07, 6.45) is -0.458. The molecule has 1 saturated carbocycles. The fraction of sp³-hybridized carbons (Fsp3) is 0.667. The van der Waals surface area contributed by atoms with Crippen LogP contribution in [0, 0.1) is 17.8 Å². The van der Waals surface area contributed by atoms with Gasteiger partial charge >= 0.3 is 11.9 Å². The van der Waals surface area contributed by atoms with Gasteiger partial charge in [0.05, 0.1) is 24.5 Å². The number of anilines is 1. The quantitative estimate of drug-likeness (QED) is 0.489. The summed E-state index contributed by atoms with van der Waals surface area (Å²) in [6.45, 7) is 1.97. The largest absolute Gasteiger partial charge is 0.420 e. The van der Waals surface area contributed by atoms with Gasteiger partial charge in [-0.3, -0.25) is 14.5 Å². The molecular formula is C24H29N3O6. The lowest BCUT2D eigenvalue weighted by Gasteiger charge is -2.67. The average molecular weight is 456 g/mol. The second-order valence-electron chi connectivity index (χ2n) is 10.7. The zero-order valence-electron chi connectivity index (χ0n) is 18.6. The van der Waals surface area contributed by atoms with Gasteiger partial charge in [-0.25, -0.2) is 0 Å². The number of carbonyl (C=O) groups is 2. The van der Waals surface area contributed by atoms with E-state index in [0.717, 1.165) is 11.3 Å². The topological polar surface area (TPSA) is 126 Å². The summed E-state index contributed by atoms with van der Waals surface area (Å²) in [5.74, 6) is -3.99. The first-order chi connectivity index (χ1) is 15.8. The van der Waals surface area contributed by atoms with E-state index in [9.17, 15) is 19.8 Å². The molecule has 9 heteroatoms. The number of para-hydroxylation sites is 1. The third kappa shape index (κ3) is 1.98. The molecule has 7 aliphatic rings. The van der Waals surface area contributed by atoms with E-state index in [2.05, 4.69) is 11.0 Å². The van der Waals surface area contributed by atoms with E-state index in [1.807, 2.05) is 37.1 Å². The van der Waals surface area contributed by atoms with Crippen LogP contribution in [0.5, 0.6) is 0 Å². The Bertz CT molecular complexity index is 1080. The maximum Gasteiger partial charge on any atom is 0.326 e. The number of hydrogen-bond acceptors (Lipinski definition) is 9. The Morgan fingerprint density at radius 2 is 1.94 bits per heavy atom. The Morgan fingerprint density at radius 1 is 1.18 bits per heavy atom. The second kappa shape index (κ2) is 6.07. The molecule has 0 aromatic heterocycles. The first-order valence-corrected chi connectivity index (χ1v) is 11.9. The lowest BCUT2D eigenvalue weighted by Crippen LogP contribution is -2.83. The zero-order chi connectivity index (χ0) is 23.0. The fourth-order valence-corrected chi connectivity index (χ4v) is 8.86. The number of rotatable bonds is 1. The van der Waals surface area contributed by atoms with Crippen LogP contribution in [0.15, 0.2) is 24.3 Å². The SMILES string of the molecule is CC[C@@H]1[C@@H](O)N2[C@H]3[C@@H]4N(C)c5ccccc5[C@]45C[C@H]2C([C@@H]1C31OC(=O)CC(N)C(=O)O1)[C@@H]5O. The molecule has 0 radical (unpaired) electrons. The summed E-state index contributed by atoms with van der Waals surface area (Å²) in [4.78, 5) is 30.0. The van der Waals surface area contributed by atoms with Crippen molar-refractivity contribution in [2.24, 2.45) is 23.5 Å². The first kappa shape index (κ1) is 20.2. The Balaban J connectivity index is 1.52. The molecule has 1 aliphatic carbocycles. The van der Waals surface area contributed by atoms with Gasteiger partial charge in [0.2, 0.25) is 0 Å². The number of ether oxygens (including phenoxy) is 2. The summed E-state index contributed by atoms with van der Waals surface area (Å²) in [6, 6.07) is 5.90. The molecule has 1 aromatic rings. The van der Waals surface area contributed by atoms with Crippen molar-refractivity contribution in [3.05, 3.63) is 29.8 Å². The van der Waals surface area contributed by atoms with Crippen molar-refractivity contribution in [2.75, 3.05) is 11.9 Å². The summed E-state index contributed by atoms with van der Waals surface area (Å²) >= 11 is 0. The van der Waals surface area contributed by atoms with Gasteiger partial charge in [-0.2, -0.15) is 0 Å². The van der Waals surface area contributed by atoms with Crippen LogP contribution in [0.2, 0.25) is 0 Å². The van der Waals surface area contributed by atoms with E-state index in [1.165, 1.54) is 0 Å². The summed E-state index contributed by atoms with van der Waals surface area (Å²) in [7, 11) is 1.97. The lowest BCUT2D eigenvalue weighted by atomic mass is 9.59. The van der Waals surface area contributed by atoms with Crippen LogP contribution in [0.25, 0.3) is 0 Å². The smallest absolute Gasteiger partial charge is 0.326 e. The van der Waals surface area contributed by atoms with Crippen LogP contribution in [-0.2, 0) is 24.5 Å². The van der Waals surface area contributed by atoms with Gasteiger partial charge in [-0.05, 0) is 24.5 Å². The molecule has 0 amide bonds. The van der Waals surface area contributed by atoms with Gasteiger partial charge in [0.25, 0.3) is 5.79 Å². The first-order valence-electron chi connectivity index (χ1n) is 11.9. The lowest BCUT2D eigenvalue weighted by molar-refractivity contribution is -0.364. The predicted molar refractivity (Wildman–Crippen MR) is 115 cm³/mol. The number of fused-ring (bicyclic) bond motifs is 2. The second-order valence-corrected chi connectivity index (χ2v) is 10.7. The minimum Gasteiger partial charge on any atom is -0.420 e. The van der Waals surface area contributed by atoms with Crippen molar-refractivity contribution in [3.63, 3.8) is 0 Å². The number of hydrogen-bond donors (Lipinski definition) is 3. The van der Waals surface area contributed by atoms with Gasteiger partial charge in [0.1, 0.15) is 18.3 Å². The molecule has 6 fully saturated rings. The minimum atomic E-state index is -1.60. The number of aliphatic hydroxyl groups is 2. The molecule has 9 nitrogen and oxygen atoms in total. The van der Waals surface area contributed by atoms with Crippen molar-refractivity contribution >= 4 is 17.6 Å². The van der Waals surface area contributed by atoms with Crippen molar-refractivity contribution in [1.82, 2.24) is 4.90 Å². The number of piperidine rings is 4. The van der Waals surface area contributed by atoms with Gasteiger partial charge in [-0.1, -0.05) is 25.1 Å². The molecule has 4 unspecified atom stereocenters. The van der Waals surface area contributed by atoms with E-state index < -0.39 is 53.5 Å². The van der Waals surface area contributed by atoms with Crippen LogP contribution >= 0.6 is 0 Å². The standard InChI is InChI=1S/C24H29N3O6/c1-3-10-17-16-14-9-23(20(16)29)11-6-4-5-7-13(11)26(2)18(23)19(27(14)21(10)30)24(17)32-15(28)8-12(25)22(31)33-24/h4-7,10,12,14,16-21,29-30H,3,8-9,25H2,1-2H3/t10-,12?,14-,16?,17+,18-,19-,20-,21+,23+,24?/m0/s1. The van der Waals surface area contributed by atoms with E-state index in [-0.39, 0.29) is 30.3 Å². The molecule has 6 aliphatic heterocycles. The number of carbonyl (C=O) groups excluding carboxylic acids is 2. The molecule has 12 atom stereocenters.